The largest absolute Gasteiger partial charge is 0.507 e. The fourth-order valence-electron chi connectivity index (χ4n) is 3.59. The standard InChI is InChI=1S/C24H27NO7/c1-3-16-7-8-20(27)23(29)19(26)6-4-5-17-13-18(25-9-11-31-12-10-25)14-21(28)22(17)24(30)32-15(16)2/h1,4-5,7-8,13-16,19,23,26,28-29H,6,9-12H2,2H3/b5-4+,8-7-/t15-,16+,19-,23-/m0/s1. The Morgan fingerprint density at radius 1 is 1.16 bits per heavy atom. The van der Waals surface area contributed by atoms with Gasteiger partial charge in [-0.15, -0.1) is 6.42 Å². The van der Waals surface area contributed by atoms with Crippen molar-refractivity contribution in [2.24, 2.45) is 5.92 Å². The Kier molecular flexibility index (Phi) is 7.70. The third-order valence-corrected chi connectivity index (χ3v) is 5.50. The topological polar surface area (TPSA) is 117 Å². The molecule has 0 bridgehead atoms. The number of aromatic hydroxyl groups is 1. The quantitative estimate of drug-likeness (QED) is 0.441. The van der Waals surface area contributed by atoms with Crippen LogP contribution in [0.2, 0.25) is 0 Å². The maximum Gasteiger partial charge on any atom is 0.342 e. The molecule has 32 heavy (non-hydrogen) atoms. The first kappa shape index (κ1) is 23.5. The number of phenols is 1. The molecule has 1 aromatic rings. The summed E-state index contributed by atoms with van der Waals surface area (Å²) in [7, 11) is 0. The predicted molar refractivity (Wildman–Crippen MR) is 118 cm³/mol. The molecule has 2 aliphatic rings. The number of esters is 1. The van der Waals surface area contributed by atoms with Crippen molar-refractivity contribution < 1.29 is 34.4 Å². The average molecular weight is 441 g/mol. The molecular formula is C24H27NO7. The van der Waals surface area contributed by atoms with Gasteiger partial charge in [0.15, 0.2) is 5.78 Å². The zero-order valence-electron chi connectivity index (χ0n) is 17.8. The molecular weight excluding hydrogens is 414 g/mol. The van der Waals surface area contributed by atoms with Crippen molar-refractivity contribution >= 4 is 23.5 Å². The van der Waals surface area contributed by atoms with Crippen molar-refractivity contribution in [3.05, 3.63) is 41.5 Å². The highest BCUT2D eigenvalue weighted by atomic mass is 16.5. The van der Waals surface area contributed by atoms with Gasteiger partial charge in [0.1, 0.15) is 23.5 Å². The summed E-state index contributed by atoms with van der Waals surface area (Å²) in [4.78, 5) is 27.1. The molecule has 4 atom stereocenters. The van der Waals surface area contributed by atoms with E-state index < -0.39 is 36.0 Å². The summed E-state index contributed by atoms with van der Waals surface area (Å²) >= 11 is 0. The fourth-order valence-corrected chi connectivity index (χ4v) is 3.59. The van der Waals surface area contributed by atoms with Gasteiger partial charge in [0.25, 0.3) is 0 Å². The van der Waals surface area contributed by atoms with Crippen LogP contribution in [0.25, 0.3) is 6.08 Å². The Balaban J connectivity index is 2.03. The summed E-state index contributed by atoms with van der Waals surface area (Å²) in [6, 6.07) is 3.24. The highest BCUT2D eigenvalue weighted by Crippen LogP contribution is 2.32. The number of hydrogen-bond acceptors (Lipinski definition) is 8. The van der Waals surface area contributed by atoms with Crippen LogP contribution in [0.3, 0.4) is 0 Å². The molecule has 0 amide bonds. The van der Waals surface area contributed by atoms with Crippen molar-refractivity contribution in [1.82, 2.24) is 0 Å². The number of hydrogen-bond donors (Lipinski definition) is 3. The number of ether oxygens (including phenoxy) is 2. The molecule has 0 spiro atoms. The summed E-state index contributed by atoms with van der Waals surface area (Å²) < 4.78 is 10.9. The molecule has 0 aromatic heterocycles. The van der Waals surface area contributed by atoms with Gasteiger partial charge in [-0.1, -0.05) is 24.1 Å². The van der Waals surface area contributed by atoms with Gasteiger partial charge >= 0.3 is 5.97 Å². The van der Waals surface area contributed by atoms with Gasteiger partial charge in [-0.05, 0) is 31.1 Å². The number of ketones is 1. The minimum Gasteiger partial charge on any atom is -0.507 e. The van der Waals surface area contributed by atoms with Crippen LogP contribution in [-0.4, -0.2) is 71.7 Å². The third-order valence-electron chi connectivity index (χ3n) is 5.50. The molecule has 0 radical (unpaired) electrons. The number of aliphatic hydroxyl groups is 2. The van der Waals surface area contributed by atoms with Crippen molar-refractivity contribution in [3.63, 3.8) is 0 Å². The molecule has 2 heterocycles. The lowest BCUT2D eigenvalue weighted by Crippen LogP contribution is -2.36. The first-order chi connectivity index (χ1) is 15.3. The van der Waals surface area contributed by atoms with Gasteiger partial charge in [-0.2, -0.15) is 0 Å². The Morgan fingerprint density at radius 3 is 2.56 bits per heavy atom. The van der Waals surface area contributed by atoms with Crippen LogP contribution in [0.4, 0.5) is 5.69 Å². The maximum absolute atomic E-state index is 12.9. The third kappa shape index (κ3) is 5.37. The van der Waals surface area contributed by atoms with Crippen LogP contribution < -0.4 is 4.90 Å². The average Bonchev–Trinajstić information content (AvgIpc) is 2.78. The molecule has 8 heteroatoms. The second kappa shape index (κ2) is 10.5. The van der Waals surface area contributed by atoms with E-state index in [1.165, 1.54) is 18.2 Å². The van der Waals surface area contributed by atoms with E-state index in [-0.39, 0.29) is 17.7 Å². The normalized spacial score (nSPS) is 29.2. The van der Waals surface area contributed by atoms with E-state index in [9.17, 15) is 24.9 Å². The van der Waals surface area contributed by atoms with E-state index in [4.69, 9.17) is 15.9 Å². The summed E-state index contributed by atoms with van der Waals surface area (Å²) in [5.41, 5.74) is 1.05. The van der Waals surface area contributed by atoms with Crippen LogP contribution in [0, 0.1) is 18.3 Å². The Morgan fingerprint density at radius 2 is 1.88 bits per heavy atom. The molecule has 3 N–H and O–H groups in total. The van der Waals surface area contributed by atoms with Crippen LogP contribution in [-0.2, 0) is 14.3 Å². The highest BCUT2D eigenvalue weighted by molar-refractivity contribution is 5.98. The van der Waals surface area contributed by atoms with Gasteiger partial charge in [-0.25, -0.2) is 4.79 Å². The summed E-state index contributed by atoms with van der Waals surface area (Å²) in [5, 5.41) is 31.0. The Bertz CT molecular complexity index is 956. The lowest BCUT2D eigenvalue weighted by molar-refractivity contribution is -0.127. The lowest BCUT2D eigenvalue weighted by Gasteiger charge is -2.29. The number of anilines is 1. The van der Waals surface area contributed by atoms with Gasteiger partial charge in [0, 0.05) is 24.8 Å². The molecule has 170 valence electrons. The number of cyclic esters (lactones) is 1. The Labute approximate surface area is 186 Å². The van der Waals surface area contributed by atoms with E-state index in [2.05, 4.69) is 5.92 Å². The monoisotopic (exact) mass is 441 g/mol. The molecule has 1 aromatic carbocycles. The lowest BCUT2D eigenvalue weighted by atomic mass is 9.98. The van der Waals surface area contributed by atoms with Crippen molar-refractivity contribution in [2.45, 2.75) is 31.7 Å². The van der Waals surface area contributed by atoms with E-state index >= 15 is 0 Å². The molecule has 0 unspecified atom stereocenters. The van der Waals surface area contributed by atoms with Gasteiger partial charge in [0.05, 0.1) is 25.2 Å². The number of fused-ring (bicyclic) bond motifs is 1. The van der Waals surface area contributed by atoms with E-state index in [0.29, 0.717) is 37.6 Å². The van der Waals surface area contributed by atoms with Crippen LogP contribution in [0.15, 0.2) is 30.4 Å². The second-order valence-electron chi connectivity index (χ2n) is 7.74. The Hall–Kier alpha value is -3.12. The van der Waals surface area contributed by atoms with E-state index in [1.807, 2.05) is 4.90 Å². The molecule has 3 rings (SSSR count). The van der Waals surface area contributed by atoms with Crippen LogP contribution in [0.5, 0.6) is 5.75 Å². The molecule has 0 aliphatic carbocycles. The number of carbonyl (C=O) groups excluding carboxylic acids is 2. The highest BCUT2D eigenvalue weighted by Gasteiger charge is 2.26. The zero-order chi connectivity index (χ0) is 23.3. The van der Waals surface area contributed by atoms with Crippen molar-refractivity contribution in [1.29, 1.82) is 0 Å². The smallest absolute Gasteiger partial charge is 0.342 e. The first-order valence-electron chi connectivity index (χ1n) is 10.4. The van der Waals surface area contributed by atoms with E-state index in [1.54, 1.807) is 19.1 Å². The molecule has 2 aliphatic heterocycles. The molecule has 1 saturated heterocycles. The second-order valence-corrected chi connectivity index (χ2v) is 7.74. The number of morpholine rings is 1. The van der Waals surface area contributed by atoms with Crippen LogP contribution >= 0.6 is 0 Å². The number of benzene rings is 1. The van der Waals surface area contributed by atoms with Crippen LogP contribution in [0.1, 0.15) is 29.3 Å². The molecule has 8 nitrogen and oxygen atoms in total. The first-order valence-corrected chi connectivity index (χ1v) is 10.4. The van der Waals surface area contributed by atoms with Gasteiger partial charge in [-0.3, -0.25) is 4.79 Å². The predicted octanol–water partition coefficient (Wildman–Crippen LogP) is 1.29. The zero-order valence-corrected chi connectivity index (χ0v) is 17.8. The minimum absolute atomic E-state index is 0.0342. The summed E-state index contributed by atoms with van der Waals surface area (Å²) in [6.45, 7) is 3.93. The maximum atomic E-state index is 12.9. The fraction of sp³-hybridized carbons (Fsp3) is 0.417. The van der Waals surface area contributed by atoms with Crippen molar-refractivity contribution in [3.8, 4) is 18.1 Å². The number of carbonyl (C=O) groups is 2. The number of terminal acetylenes is 1. The SMILES string of the molecule is C#C[C@@H]1/C=C\C(=O)[C@@H](O)[C@@H](O)C/C=C/c2cc(N3CCOCC3)cc(O)c2C(=O)O[C@H]1C. The number of rotatable bonds is 1. The summed E-state index contributed by atoms with van der Waals surface area (Å²) in [6.07, 6.45) is 7.19. The molecule has 1 fully saturated rings. The van der Waals surface area contributed by atoms with Gasteiger partial charge in [0.2, 0.25) is 0 Å². The van der Waals surface area contributed by atoms with E-state index in [0.717, 1.165) is 6.08 Å². The van der Waals surface area contributed by atoms with Crippen molar-refractivity contribution in [2.75, 3.05) is 31.2 Å². The summed E-state index contributed by atoms with van der Waals surface area (Å²) in [5.74, 6) is -0.0216. The van der Waals surface area contributed by atoms with Gasteiger partial charge < -0.3 is 29.7 Å². The minimum atomic E-state index is -1.62. The number of phenolic OH excluding ortho intramolecular Hbond substituents is 1. The number of nitrogens with zero attached hydrogens (tertiary/aromatic N) is 1. The number of aliphatic hydroxyl groups excluding tert-OH is 2. The molecule has 0 saturated carbocycles.